The molecule has 9 heteroatoms. The van der Waals surface area contributed by atoms with E-state index in [0.717, 1.165) is 32.4 Å². The second kappa shape index (κ2) is 8.63. The molecular formula is C16H20N6O2S. The van der Waals surface area contributed by atoms with Gasteiger partial charge in [-0.1, -0.05) is 0 Å². The molecule has 0 radical (unpaired) electrons. The zero-order valence-electron chi connectivity index (χ0n) is 13.7. The van der Waals surface area contributed by atoms with Crippen LogP contribution in [0.1, 0.15) is 29.8 Å². The number of carbonyl (C=O) groups is 2. The molecule has 1 unspecified atom stereocenters. The molecule has 0 aliphatic carbocycles. The van der Waals surface area contributed by atoms with Crippen molar-refractivity contribution in [3.63, 3.8) is 0 Å². The lowest BCUT2D eigenvalue weighted by Crippen LogP contribution is -2.37. The lowest BCUT2D eigenvalue weighted by atomic mass is 10.1. The maximum Gasteiger partial charge on any atom is 0.271 e. The van der Waals surface area contributed by atoms with Crippen LogP contribution in [-0.2, 0) is 4.79 Å². The number of hydrogen-bond acceptors (Lipinski definition) is 7. The maximum atomic E-state index is 12.2. The van der Waals surface area contributed by atoms with E-state index in [1.165, 1.54) is 29.9 Å². The van der Waals surface area contributed by atoms with Crippen LogP contribution in [0.2, 0.25) is 0 Å². The van der Waals surface area contributed by atoms with Crippen LogP contribution < -0.4 is 10.6 Å². The summed E-state index contributed by atoms with van der Waals surface area (Å²) in [7, 11) is 0. The summed E-state index contributed by atoms with van der Waals surface area (Å²) in [4.78, 5) is 38.3. The lowest BCUT2D eigenvalue weighted by Gasteiger charge is -2.19. The van der Waals surface area contributed by atoms with Crippen molar-refractivity contribution in [1.82, 2.24) is 25.2 Å². The molecule has 2 aromatic rings. The van der Waals surface area contributed by atoms with Gasteiger partial charge in [0.15, 0.2) is 5.13 Å². The summed E-state index contributed by atoms with van der Waals surface area (Å²) in [5.41, 5.74) is 0.325. The van der Waals surface area contributed by atoms with E-state index in [1.54, 1.807) is 6.20 Å². The second-order valence-corrected chi connectivity index (χ2v) is 6.75. The summed E-state index contributed by atoms with van der Waals surface area (Å²) in [5, 5.41) is 8.25. The van der Waals surface area contributed by atoms with Gasteiger partial charge in [-0.15, -0.1) is 11.3 Å². The SMILES string of the molecule is O=C(CN1CCCC(NC(=O)c2cnccn2)CC1)Nc1nccs1. The maximum absolute atomic E-state index is 12.2. The predicted octanol–water partition coefficient (Wildman–Crippen LogP) is 1.16. The minimum Gasteiger partial charge on any atom is -0.348 e. The molecule has 8 nitrogen and oxygen atoms in total. The molecule has 0 aromatic carbocycles. The van der Waals surface area contributed by atoms with Crippen molar-refractivity contribution in [3.8, 4) is 0 Å². The van der Waals surface area contributed by atoms with E-state index in [-0.39, 0.29) is 17.9 Å². The Kier molecular flexibility index (Phi) is 6.02. The fraction of sp³-hybridized carbons (Fsp3) is 0.438. The summed E-state index contributed by atoms with van der Waals surface area (Å²) >= 11 is 1.40. The van der Waals surface area contributed by atoms with Crippen molar-refractivity contribution in [2.45, 2.75) is 25.3 Å². The molecule has 132 valence electrons. The molecule has 2 N–H and O–H groups in total. The average Bonchev–Trinajstić information content (AvgIpc) is 3.03. The van der Waals surface area contributed by atoms with Gasteiger partial charge in [-0.05, 0) is 25.8 Å². The quantitative estimate of drug-likeness (QED) is 0.830. The molecule has 1 saturated heterocycles. The van der Waals surface area contributed by atoms with Gasteiger partial charge in [0.2, 0.25) is 5.91 Å². The van der Waals surface area contributed by atoms with Gasteiger partial charge in [-0.2, -0.15) is 0 Å². The fourth-order valence-electron chi connectivity index (χ4n) is 2.78. The van der Waals surface area contributed by atoms with Gasteiger partial charge < -0.3 is 10.6 Å². The molecule has 3 heterocycles. The highest BCUT2D eigenvalue weighted by molar-refractivity contribution is 7.13. The van der Waals surface area contributed by atoms with Crippen LogP contribution in [0.15, 0.2) is 30.2 Å². The number of nitrogens with one attached hydrogen (secondary N) is 2. The van der Waals surface area contributed by atoms with Crippen LogP contribution in [0.3, 0.4) is 0 Å². The first-order valence-electron chi connectivity index (χ1n) is 8.19. The predicted molar refractivity (Wildman–Crippen MR) is 94.3 cm³/mol. The number of rotatable bonds is 5. The molecule has 0 bridgehead atoms. The van der Waals surface area contributed by atoms with Crippen molar-refractivity contribution >= 4 is 28.3 Å². The smallest absolute Gasteiger partial charge is 0.271 e. The standard InChI is InChI=1S/C16H20N6O2S/c23-14(21-16-19-6-9-25-16)11-22-7-1-2-12(3-8-22)20-15(24)13-10-17-4-5-18-13/h4-6,9-10,12H,1-3,7-8,11H2,(H,20,24)(H,19,21,23). The van der Waals surface area contributed by atoms with Crippen LogP contribution in [0.25, 0.3) is 0 Å². The molecule has 1 fully saturated rings. The normalized spacial score (nSPS) is 18.3. The Labute approximate surface area is 149 Å². The minimum atomic E-state index is -0.201. The largest absolute Gasteiger partial charge is 0.348 e. The fourth-order valence-corrected chi connectivity index (χ4v) is 3.33. The first-order chi connectivity index (χ1) is 12.2. The van der Waals surface area contributed by atoms with E-state index in [2.05, 4.69) is 30.5 Å². The first-order valence-corrected chi connectivity index (χ1v) is 9.07. The number of anilines is 1. The molecular weight excluding hydrogens is 340 g/mol. The number of carbonyl (C=O) groups excluding carboxylic acids is 2. The number of thiazole rings is 1. The van der Waals surface area contributed by atoms with Crippen LogP contribution in [-0.4, -0.2) is 57.3 Å². The summed E-state index contributed by atoms with van der Waals surface area (Å²) in [5.74, 6) is -0.259. The van der Waals surface area contributed by atoms with Gasteiger partial charge in [0.25, 0.3) is 5.91 Å². The van der Waals surface area contributed by atoms with E-state index >= 15 is 0 Å². The Hall–Kier alpha value is -2.39. The monoisotopic (exact) mass is 360 g/mol. The number of amides is 2. The molecule has 0 saturated carbocycles. The third-order valence-corrected chi connectivity index (χ3v) is 4.69. The third-order valence-electron chi connectivity index (χ3n) is 4.00. The van der Waals surface area contributed by atoms with E-state index in [1.807, 2.05) is 5.38 Å². The highest BCUT2D eigenvalue weighted by Crippen LogP contribution is 2.13. The zero-order valence-corrected chi connectivity index (χ0v) is 14.5. The van der Waals surface area contributed by atoms with Gasteiger partial charge in [0.1, 0.15) is 5.69 Å². The summed E-state index contributed by atoms with van der Waals surface area (Å²) in [6.45, 7) is 1.93. The Morgan fingerprint density at radius 2 is 2.12 bits per heavy atom. The summed E-state index contributed by atoms with van der Waals surface area (Å²) in [6.07, 6.45) is 8.78. The topological polar surface area (TPSA) is 100 Å². The van der Waals surface area contributed by atoms with Crippen molar-refractivity contribution in [2.24, 2.45) is 0 Å². The number of likely N-dealkylation sites (tertiary alicyclic amines) is 1. The summed E-state index contributed by atoms with van der Waals surface area (Å²) in [6, 6.07) is 0.0847. The third kappa shape index (κ3) is 5.30. The number of nitrogens with zero attached hydrogens (tertiary/aromatic N) is 4. The van der Waals surface area contributed by atoms with Gasteiger partial charge in [0.05, 0.1) is 12.7 Å². The molecule has 25 heavy (non-hydrogen) atoms. The van der Waals surface area contributed by atoms with Gasteiger partial charge in [-0.3, -0.25) is 19.5 Å². The van der Waals surface area contributed by atoms with Crippen molar-refractivity contribution in [1.29, 1.82) is 0 Å². The number of aromatic nitrogens is 3. The van der Waals surface area contributed by atoms with Crippen LogP contribution in [0.5, 0.6) is 0 Å². The molecule has 1 atom stereocenters. The molecule has 0 spiro atoms. The minimum absolute atomic E-state index is 0.0583. The van der Waals surface area contributed by atoms with Crippen LogP contribution in [0, 0.1) is 0 Å². The highest BCUT2D eigenvalue weighted by Gasteiger charge is 2.21. The van der Waals surface area contributed by atoms with Crippen LogP contribution in [0.4, 0.5) is 5.13 Å². The van der Waals surface area contributed by atoms with Gasteiger partial charge in [-0.25, -0.2) is 9.97 Å². The summed E-state index contributed by atoms with van der Waals surface area (Å²) < 4.78 is 0. The van der Waals surface area contributed by atoms with Crippen molar-refractivity contribution in [3.05, 3.63) is 35.9 Å². The highest BCUT2D eigenvalue weighted by atomic mass is 32.1. The van der Waals surface area contributed by atoms with Gasteiger partial charge in [0, 0.05) is 36.6 Å². The Bertz CT molecular complexity index is 694. The zero-order chi connectivity index (χ0) is 17.5. The Balaban J connectivity index is 1.45. The molecule has 2 amide bonds. The molecule has 1 aliphatic rings. The Morgan fingerprint density at radius 3 is 2.88 bits per heavy atom. The number of hydrogen-bond donors (Lipinski definition) is 2. The first kappa shape index (κ1) is 17.4. The van der Waals surface area contributed by atoms with Crippen molar-refractivity contribution < 1.29 is 9.59 Å². The van der Waals surface area contributed by atoms with E-state index in [4.69, 9.17) is 0 Å². The van der Waals surface area contributed by atoms with E-state index in [9.17, 15) is 9.59 Å². The van der Waals surface area contributed by atoms with Crippen LogP contribution >= 0.6 is 11.3 Å². The second-order valence-electron chi connectivity index (χ2n) is 5.85. The van der Waals surface area contributed by atoms with Crippen molar-refractivity contribution in [2.75, 3.05) is 25.0 Å². The van der Waals surface area contributed by atoms with E-state index < -0.39 is 0 Å². The lowest BCUT2D eigenvalue weighted by molar-refractivity contribution is -0.117. The molecule has 3 rings (SSSR count). The van der Waals surface area contributed by atoms with Gasteiger partial charge >= 0.3 is 0 Å². The molecule has 2 aromatic heterocycles. The molecule has 1 aliphatic heterocycles. The Morgan fingerprint density at radius 1 is 1.20 bits per heavy atom. The van der Waals surface area contributed by atoms with E-state index in [0.29, 0.717) is 17.4 Å². The average molecular weight is 360 g/mol.